The Bertz CT molecular complexity index is 528. The standard InChI is InChI=1S/C15H20N2O3S/c1-10-12(15(19)20-2)4-3-5-13(10)17-14(18)8-11-9-21-7-6-16-11/h3-5,11,16H,6-9H2,1-2H3,(H,17,18). The van der Waals surface area contributed by atoms with Crippen molar-refractivity contribution >= 4 is 29.3 Å². The van der Waals surface area contributed by atoms with E-state index >= 15 is 0 Å². The average Bonchev–Trinajstić information content (AvgIpc) is 2.49. The Morgan fingerprint density at radius 2 is 2.29 bits per heavy atom. The Hall–Kier alpha value is -1.53. The van der Waals surface area contributed by atoms with E-state index in [4.69, 9.17) is 4.74 Å². The molecule has 0 aliphatic carbocycles. The summed E-state index contributed by atoms with van der Waals surface area (Å²) in [5.74, 6) is 1.61. The molecule has 114 valence electrons. The molecule has 0 saturated carbocycles. The zero-order valence-corrected chi connectivity index (χ0v) is 13.1. The van der Waals surface area contributed by atoms with Crippen LogP contribution in [0.5, 0.6) is 0 Å². The maximum atomic E-state index is 12.1. The highest BCUT2D eigenvalue weighted by atomic mass is 32.2. The fourth-order valence-corrected chi connectivity index (χ4v) is 3.23. The summed E-state index contributed by atoms with van der Waals surface area (Å²) in [5, 5.41) is 6.21. The van der Waals surface area contributed by atoms with Crippen molar-refractivity contribution in [3.05, 3.63) is 29.3 Å². The largest absolute Gasteiger partial charge is 0.465 e. The zero-order valence-electron chi connectivity index (χ0n) is 12.3. The lowest BCUT2D eigenvalue weighted by molar-refractivity contribution is -0.116. The maximum absolute atomic E-state index is 12.1. The normalized spacial score (nSPS) is 18.1. The Labute approximate surface area is 128 Å². The molecular formula is C15H20N2O3S. The van der Waals surface area contributed by atoms with Crippen molar-refractivity contribution in [2.24, 2.45) is 0 Å². The van der Waals surface area contributed by atoms with Crippen LogP contribution in [-0.4, -0.2) is 43.1 Å². The van der Waals surface area contributed by atoms with Gasteiger partial charge in [0.1, 0.15) is 0 Å². The first-order valence-corrected chi connectivity index (χ1v) is 8.06. The number of esters is 1. The zero-order chi connectivity index (χ0) is 15.2. The van der Waals surface area contributed by atoms with Crippen LogP contribution >= 0.6 is 11.8 Å². The molecule has 1 aliphatic heterocycles. The molecule has 1 amide bonds. The van der Waals surface area contributed by atoms with Crippen LogP contribution in [0.4, 0.5) is 5.69 Å². The Morgan fingerprint density at radius 3 is 2.95 bits per heavy atom. The summed E-state index contributed by atoms with van der Waals surface area (Å²) in [6, 6.07) is 5.44. The predicted octanol–water partition coefficient (Wildman–Crippen LogP) is 1.82. The van der Waals surface area contributed by atoms with Crippen molar-refractivity contribution in [1.82, 2.24) is 5.32 Å². The molecule has 6 heteroatoms. The maximum Gasteiger partial charge on any atom is 0.338 e. The number of methoxy groups -OCH3 is 1. The Morgan fingerprint density at radius 1 is 1.48 bits per heavy atom. The highest BCUT2D eigenvalue weighted by Crippen LogP contribution is 2.20. The molecule has 21 heavy (non-hydrogen) atoms. The molecule has 1 unspecified atom stereocenters. The van der Waals surface area contributed by atoms with Gasteiger partial charge in [0.25, 0.3) is 0 Å². The fraction of sp³-hybridized carbons (Fsp3) is 0.467. The molecule has 1 fully saturated rings. The molecule has 2 rings (SSSR count). The van der Waals surface area contributed by atoms with Crippen LogP contribution in [-0.2, 0) is 9.53 Å². The van der Waals surface area contributed by atoms with Crippen LogP contribution in [0.2, 0.25) is 0 Å². The van der Waals surface area contributed by atoms with Crippen molar-refractivity contribution in [1.29, 1.82) is 0 Å². The quantitative estimate of drug-likeness (QED) is 0.831. The molecule has 1 aromatic rings. The summed E-state index contributed by atoms with van der Waals surface area (Å²) in [6.45, 7) is 2.75. The van der Waals surface area contributed by atoms with Gasteiger partial charge in [0.15, 0.2) is 0 Å². The number of carbonyl (C=O) groups excluding carboxylic acids is 2. The Balaban J connectivity index is 2.01. The van der Waals surface area contributed by atoms with Gasteiger partial charge in [0, 0.05) is 36.2 Å². The molecule has 1 aromatic carbocycles. The van der Waals surface area contributed by atoms with E-state index in [0.717, 1.165) is 23.6 Å². The number of anilines is 1. The second kappa shape index (κ2) is 7.47. The average molecular weight is 308 g/mol. The van der Waals surface area contributed by atoms with Gasteiger partial charge in [-0.1, -0.05) is 6.07 Å². The molecule has 0 spiro atoms. The second-order valence-corrected chi connectivity index (χ2v) is 6.10. The van der Waals surface area contributed by atoms with E-state index in [1.54, 1.807) is 25.1 Å². The van der Waals surface area contributed by atoms with Gasteiger partial charge in [-0.05, 0) is 24.6 Å². The molecule has 5 nitrogen and oxygen atoms in total. The molecule has 1 saturated heterocycles. The van der Waals surface area contributed by atoms with Crippen molar-refractivity contribution < 1.29 is 14.3 Å². The lowest BCUT2D eigenvalue weighted by atomic mass is 10.1. The number of nitrogens with one attached hydrogen (secondary N) is 2. The number of benzene rings is 1. The van der Waals surface area contributed by atoms with Gasteiger partial charge in [-0.25, -0.2) is 4.79 Å². The SMILES string of the molecule is COC(=O)c1cccc(NC(=O)CC2CSCCN2)c1C. The summed E-state index contributed by atoms with van der Waals surface area (Å²) in [6.07, 6.45) is 0.439. The van der Waals surface area contributed by atoms with Crippen LogP contribution in [0, 0.1) is 6.92 Å². The lowest BCUT2D eigenvalue weighted by Gasteiger charge is -2.22. The van der Waals surface area contributed by atoms with Crippen molar-refractivity contribution in [2.75, 3.05) is 30.5 Å². The Kier molecular flexibility index (Phi) is 5.64. The third-order valence-corrected chi connectivity index (χ3v) is 4.57. The number of rotatable bonds is 4. The molecule has 2 N–H and O–H groups in total. The molecule has 0 radical (unpaired) electrons. The number of hydrogen-bond donors (Lipinski definition) is 2. The van der Waals surface area contributed by atoms with Crippen LogP contribution in [0.1, 0.15) is 22.3 Å². The summed E-state index contributed by atoms with van der Waals surface area (Å²) < 4.78 is 4.73. The lowest BCUT2D eigenvalue weighted by Crippen LogP contribution is -2.40. The molecule has 0 aromatic heterocycles. The summed E-state index contributed by atoms with van der Waals surface area (Å²) in [7, 11) is 1.35. The molecule has 1 aliphatic rings. The third kappa shape index (κ3) is 4.22. The molecular weight excluding hydrogens is 288 g/mol. The topological polar surface area (TPSA) is 67.4 Å². The van der Waals surface area contributed by atoms with Gasteiger partial charge < -0.3 is 15.4 Å². The monoisotopic (exact) mass is 308 g/mol. The van der Waals surface area contributed by atoms with Crippen LogP contribution in [0.15, 0.2) is 18.2 Å². The first-order chi connectivity index (χ1) is 10.1. The van der Waals surface area contributed by atoms with Crippen molar-refractivity contribution in [3.8, 4) is 0 Å². The van der Waals surface area contributed by atoms with E-state index in [0.29, 0.717) is 17.7 Å². The number of hydrogen-bond acceptors (Lipinski definition) is 5. The number of carbonyl (C=O) groups is 2. The van der Waals surface area contributed by atoms with E-state index in [-0.39, 0.29) is 11.9 Å². The number of ether oxygens (including phenoxy) is 1. The minimum atomic E-state index is -0.394. The molecule has 1 atom stereocenters. The van der Waals surface area contributed by atoms with E-state index < -0.39 is 5.97 Å². The van der Waals surface area contributed by atoms with Crippen LogP contribution in [0.3, 0.4) is 0 Å². The highest BCUT2D eigenvalue weighted by molar-refractivity contribution is 7.99. The predicted molar refractivity (Wildman–Crippen MR) is 84.9 cm³/mol. The molecule has 0 bridgehead atoms. The highest BCUT2D eigenvalue weighted by Gasteiger charge is 2.18. The van der Waals surface area contributed by atoms with E-state index in [2.05, 4.69) is 10.6 Å². The summed E-state index contributed by atoms with van der Waals surface area (Å²) >= 11 is 1.86. The van der Waals surface area contributed by atoms with Crippen LogP contribution < -0.4 is 10.6 Å². The molecule has 1 heterocycles. The van der Waals surface area contributed by atoms with Gasteiger partial charge in [-0.3, -0.25) is 4.79 Å². The first kappa shape index (κ1) is 15.9. The van der Waals surface area contributed by atoms with Crippen LogP contribution in [0.25, 0.3) is 0 Å². The van der Waals surface area contributed by atoms with Crippen molar-refractivity contribution in [2.45, 2.75) is 19.4 Å². The van der Waals surface area contributed by atoms with Gasteiger partial charge in [-0.2, -0.15) is 11.8 Å². The van der Waals surface area contributed by atoms with Gasteiger partial charge in [0.2, 0.25) is 5.91 Å². The van der Waals surface area contributed by atoms with Gasteiger partial charge >= 0.3 is 5.97 Å². The summed E-state index contributed by atoms with van der Waals surface area (Å²) in [5.41, 5.74) is 1.86. The van der Waals surface area contributed by atoms with Gasteiger partial charge in [0.05, 0.1) is 12.7 Å². The smallest absolute Gasteiger partial charge is 0.338 e. The number of thioether (sulfide) groups is 1. The van der Waals surface area contributed by atoms with Crippen molar-refractivity contribution in [3.63, 3.8) is 0 Å². The minimum absolute atomic E-state index is 0.0416. The first-order valence-electron chi connectivity index (χ1n) is 6.90. The van der Waals surface area contributed by atoms with E-state index in [9.17, 15) is 9.59 Å². The summed E-state index contributed by atoms with van der Waals surface area (Å²) in [4.78, 5) is 23.7. The second-order valence-electron chi connectivity index (χ2n) is 4.95. The van der Waals surface area contributed by atoms with E-state index in [1.165, 1.54) is 7.11 Å². The fourth-order valence-electron chi connectivity index (χ4n) is 2.28. The van der Waals surface area contributed by atoms with E-state index in [1.807, 2.05) is 11.8 Å². The number of amides is 1. The van der Waals surface area contributed by atoms with Gasteiger partial charge in [-0.15, -0.1) is 0 Å². The minimum Gasteiger partial charge on any atom is -0.465 e. The third-order valence-electron chi connectivity index (χ3n) is 3.44.